The number of benzene rings is 1. The van der Waals surface area contributed by atoms with Crippen molar-refractivity contribution >= 4 is 28.5 Å². The third-order valence-electron chi connectivity index (χ3n) is 2.13. The summed E-state index contributed by atoms with van der Waals surface area (Å²) in [5.74, 6) is -2.00. The van der Waals surface area contributed by atoms with E-state index in [1.54, 1.807) is 0 Å². The summed E-state index contributed by atoms with van der Waals surface area (Å²) in [6.07, 6.45) is 0. The predicted octanol–water partition coefficient (Wildman–Crippen LogP) is 2.02. The number of aromatic carboxylic acids is 1. The Labute approximate surface area is 93.3 Å². The highest BCUT2D eigenvalue weighted by molar-refractivity contribution is 6.38. The molecule has 0 aliphatic rings. The van der Waals surface area contributed by atoms with Crippen LogP contribution in [0.15, 0.2) is 23.0 Å². The summed E-state index contributed by atoms with van der Waals surface area (Å²) in [7, 11) is 0. The standard InChI is InChI=1S/C10H5ClFNO3/c11-8-5-3-4(12)1-2-6(5)13-9(14)7(8)10(15)16/h1-3H,(H,13,14)(H,15,16). The van der Waals surface area contributed by atoms with E-state index in [0.717, 1.165) is 12.1 Å². The van der Waals surface area contributed by atoms with Crippen molar-refractivity contribution in [2.24, 2.45) is 0 Å². The Bertz CT molecular complexity index is 650. The van der Waals surface area contributed by atoms with Crippen molar-refractivity contribution in [1.29, 1.82) is 0 Å². The molecule has 6 heteroatoms. The van der Waals surface area contributed by atoms with Crippen LogP contribution < -0.4 is 5.56 Å². The molecule has 0 radical (unpaired) electrons. The quantitative estimate of drug-likeness (QED) is 0.802. The summed E-state index contributed by atoms with van der Waals surface area (Å²) >= 11 is 5.75. The van der Waals surface area contributed by atoms with E-state index in [9.17, 15) is 14.0 Å². The summed E-state index contributed by atoms with van der Waals surface area (Å²) in [5.41, 5.74) is -1.10. The fourth-order valence-corrected chi connectivity index (χ4v) is 1.74. The van der Waals surface area contributed by atoms with E-state index < -0.39 is 22.9 Å². The summed E-state index contributed by atoms with van der Waals surface area (Å²) in [6, 6.07) is 3.54. The number of rotatable bonds is 1. The number of halogens is 2. The highest BCUT2D eigenvalue weighted by atomic mass is 35.5. The van der Waals surface area contributed by atoms with Crippen LogP contribution in [0.1, 0.15) is 10.4 Å². The van der Waals surface area contributed by atoms with Gasteiger partial charge in [0.2, 0.25) is 0 Å². The van der Waals surface area contributed by atoms with Gasteiger partial charge >= 0.3 is 5.97 Å². The third kappa shape index (κ3) is 1.55. The minimum Gasteiger partial charge on any atom is -0.477 e. The van der Waals surface area contributed by atoms with Gasteiger partial charge in [-0.3, -0.25) is 4.79 Å². The van der Waals surface area contributed by atoms with Crippen LogP contribution in [-0.2, 0) is 0 Å². The molecule has 16 heavy (non-hydrogen) atoms. The number of aromatic nitrogens is 1. The van der Waals surface area contributed by atoms with Crippen LogP contribution in [-0.4, -0.2) is 16.1 Å². The first-order valence-electron chi connectivity index (χ1n) is 4.25. The molecule has 2 N–H and O–H groups in total. The van der Waals surface area contributed by atoms with Gasteiger partial charge in [-0.1, -0.05) is 11.6 Å². The minimum absolute atomic E-state index is 0.165. The Hall–Kier alpha value is -1.88. The lowest BCUT2D eigenvalue weighted by atomic mass is 10.1. The molecular weight excluding hydrogens is 237 g/mol. The zero-order chi connectivity index (χ0) is 11.9. The number of carboxylic acids is 1. The molecule has 0 saturated carbocycles. The van der Waals surface area contributed by atoms with Crippen molar-refractivity contribution in [1.82, 2.24) is 4.98 Å². The zero-order valence-electron chi connectivity index (χ0n) is 7.75. The van der Waals surface area contributed by atoms with Gasteiger partial charge in [0.25, 0.3) is 5.56 Å². The second-order valence-corrected chi connectivity index (χ2v) is 3.52. The van der Waals surface area contributed by atoms with Crippen LogP contribution in [0, 0.1) is 5.82 Å². The molecule has 0 aliphatic heterocycles. The molecule has 0 aliphatic carbocycles. The van der Waals surface area contributed by atoms with Gasteiger partial charge in [-0.15, -0.1) is 0 Å². The SMILES string of the molecule is O=C(O)c1c(Cl)c2cc(F)ccc2[nH]c1=O. The van der Waals surface area contributed by atoms with Crippen molar-refractivity contribution < 1.29 is 14.3 Å². The van der Waals surface area contributed by atoms with Crippen molar-refractivity contribution in [3.8, 4) is 0 Å². The van der Waals surface area contributed by atoms with Crippen LogP contribution >= 0.6 is 11.6 Å². The average Bonchev–Trinajstić information content (AvgIpc) is 2.19. The maximum Gasteiger partial charge on any atom is 0.342 e. The van der Waals surface area contributed by atoms with Gasteiger partial charge in [-0.2, -0.15) is 0 Å². The van der Waals surface area contributed by atoms with Crippen LogP contribution in [0.2, 0.25) is 5.02 Å². The number of fused-ring (bicyclic) bond motifs is 1. The van der Waals surface area contributed by atoms with E-state index in [-0.39, 0.29) is 10.4 Å². The van der Waals surface area contributed by atoms with Crippen molar-refractivity contribution in [2.45, 2.75) is 0 Å². The highest BCUT2D eigenvalue weighted by Gasteiger charge is 2.17. The highest BCUT2D eigenvalue weighted by Crippen LogP contribution is 2.24. The Morgan fingerprint density at radius 2 is 2.12 bits per heavy atom. The van der Waals surface area contributed by atoms with E-state index in [1.165, 1.54) is 6.07 Å². The van der Waals surface area contributed by atoms with Gasteiger partial charge in [-0.25, -0.2) is 9.18 Å². The smallest absolute Gasteiger partial charge is 0.342 e. The topological polar surface area (TPSA) is 70.2 Å². The number of nitrogens with one attached hydrogen (secondary N) is 1. The van der Waals surface area contributed by atoms with Gasteiger partial charge in [0.05, 0.1) is 10.5 Å². The second kappa shape index (κ2) is 3.61. The molecule has 0 spiro atoms. The molecule has 2 rings (SSSR count). The van der Waals surface area contributed by atoms with Gasteiger partial charge in [0.15, 0.2) is 0 Å². The lowest BCUT2D eigenvalue weighted by Gasteiger charge is -2.03. The molecular formula is C10H5ClFNO3. The molecule has 0 saturated heterocycles. The molecule has 1 aromatic carbocycles. The number of carboxylic acid groups (broad SMARTS) is 1. The van der Waals surface area contributed by atoms with Crippen LogP contribution in [0.25, 0.3) is 10.9 Å². The van der Waals surface area contributed by atoms with Crippen molar-refractivity contribution in [3.63, 3.8) is 0 Å². The van der Waals surface area contributed by atoms with Gasteiger partial charge in [0, 0.05) is 5.39 Å². The van der Waals surface area contributed by atoms with E-state index in [4.69, 9.17) is 16.7 Å². The van der Waals surface area contributed by atoms with Crippen LogP contribution in [0.3, 0.4) is 0 Å². The third-order valence-corrected chi connectivity index (χ3v) is 2.52. The molecule has 4 nitrogen and oxygen atoms in total. The Morgan fingerprint density at radius 1 is 1.44 bits per heavy atom. The number of hydrogen-bond donors (Lipinski definition) is 2. The van der Waals surface area contributed by atoms with Crippen LogP contribution in [0.4, 0.5) is 4.39 Å². The van der Waals surface area contributed by atoms with Crippen molar-refractivity contribution in [3.05, 3.63) is 45.0 Å². The lowest BCUT2D eigenvalue weighted by Crippen LogP contribution is -2.18. The predicted molar refractivity (Wildman–Crippen MR) is 56.5 cm³/mol. The summed E-state index contributed by atoms with van der Waals surface area (Å²) in [4.78, 5) is 24.5. The maximum atomic E-state index is 13.0. The van der Waals surface area contributed by atoms with Crippen molar-refractivity contribution in [2.75, 3.05) is 0 Å². The van der Waals surface area contributed by atoms with E-state index in [2.05, 4.69) is 4.98 Å². The summed E-state index contributed by atoms with van der Waals surface area (Å²) in [5, 5.41) is 8.68. The fourth-order valence-electron chi connectivity index (χ4n) is 1.42. The van der Waals surface area contributed by atoms with Crippen LogP contribution in [0.5, 0.6) is 0 Å². The minimum atomic E-state index is -1.45. The van der Waals surface area contributed by atoms with Gasteiger partial charge in [0.1, 0.15) is 11.4 Å². The van der Waals surface area contributed by atoms with E-state index in [1.807, 2.05) is 0 Å². The fraction of sp³-hybridized carbons (Fsp3) is 0. The Kier molecular flexibility index (Phi) is 2.40. The molecule has 0 bridgehead atoms. The zero-order valence-corrected chi connectivity index (χ0v) is 8.51. The number of carbonyl (C=O) groups is 1. The first-order valence-corrected chi connectivity index (χ1v) is 4.63. The average molecular weight is 242 g/mol. The molecule has 0 amide bonds. The molecule has 0 unspecified atom stereocenters. The largest absolute Gasteiger partial charge is 0.477 e. The second-order valence-electron chi connectivity index (χ2n) is 3.14. The molecule has 82 valence electrons. The maximum absolute atomic E-state index is 13.0. The van der Waals surface area contributed by atoms with Gasteiger partial charge < -0.3 is 10.1 Å². The molecule has 2 aromatic rings. The van der Waals surface area contributed by atoms with Gasteiger partial charge in [-0.05, 0) is 18.2 Å². The first kappa shape index (κ1) is 10.6. The summed E-state index contributed by atoms with van der Waals surface area (Å²) in [6.45, 7) is 0. The number of aromatic amines is 1. The summed E-state index contributed by atoms with van der Waals surface area (Å²) < 4.78 is 13.0. The molecule has 0 atom stereocenters. The monoisotopic (exact) mass is 241 g/mol. The van der Waals surface area contributed by atoms with E-state index in [0.29, 0.717) is 5.52 Å². The number of hydrogen-bond acceptors (Lipinski definition) is 2. The molecule has 1 heterocycles. The molecule has 0 fully saturated rings. The Morgan fingerprint density at radius 3 is 2.75 bits per heavy atom. The number of H-pyrrole nitrogens is 1. The first-order chi connectivity index (χ1) is 7.50. The number of pyridine rings is 1. The Balaban J connectivity index is 2.96. The lowest BCUT2D eigenvalue weighted by molar-refractivity contribution is 0.0695. The normalized spacial score (nSPS) is 10.6. The molecule has 1 aromatic heterocycles. The van der Waals surface area contributed by atoms with E-state index >= 15 is 0 Å².